The number of hydrogen-bond donors (Lipinski definition) is 1. The van der Waals surface area contributed by atoms with Crippen molar-refractivity contribution in [2.45, 2.75) is 25.7 Å². The molecule has 2 aliphatic rings. The van der Waals surface area contributed by atoms with E-state index in [4.69, 9.17) is 26.1 Å². The van der Waals surface area contributed by atoms with Crippen molar-refractivity contribution in [3.8, 4) is 28.1 Å². The van der Waals surface area contributed by atoms with E-state index in [-0.39, 0.29) is 18.2 Å². The monoisotopic (exact) mass is 570 g/mol. The number of aliphatic carboxylic acids is 1. The number of amides is 1. The second kappa shape index (κ2) is 11.9. The van der Waals surface area contributed by atoms with Gasteiger partial charge in [-0.2, -0.15) is 0 Å². The molecule has 39 heavy (non-hydrogen) atoms. The van der Waals surface area contributed by atoms with Crippen LogP contribution >= 0.6 is 22.9 Å². The van der Waals surface area contributed by atoms with Crippen molar-refractivity contribution in [3.63, 3.8) is 0 Å². The number of benzene rings is 1. The topological polar surface area (TPSA) is 105 Å². The summed E-state index contributed by atoms with van der Waals surface area (Å²) in [5, 5.41) is 12.4. The molecular formula is C28H31ClN4O5S. The molecule has 1 N–H and O–H groups in total. The van der Waals surface area contributed by atoms with Crippen molar-refractivity contribution in [3.05, 3.63) is 40.9 Å². The van der Waals surface area contributed by atoms with Gasteiger partial charge < -0.3 is 19.5 Å². The number of aromatic nitrogens is 2. The third-order valence-corrected chi connectivity index (χ3v) is 8.44. The zero-order valence-electron chi connectivity index (χ0n) is 21.9. The maximum atomic E-state index is 13.5. The minimum Gasteiger partial charge on any atom is -0.488 e. The summed E-state index contributed by atoms with van der Waals surface area (Å²) in [5.41, 5.74) is 3.23. The normalized spacial score (nSPS) is 16.3. The van der Waals surface area contributed by atoms with E-state index in [2.05, 4.69) is 9.88 Å². The molecule has 0 spiro atoms. The summed E-state index contributed by atoms with van der Waals surface area (Å²) < 4.78 is 11.3. The van der Waals surface area contributed by atoms with E-state index in [1.54, 1.807) is 7.05 Å². The number of likely N-dealkylation sites (N-methyl/N-ethyl adjacent to an activating group) is 1. The van der Waals surface area contributed by atoms with E-state index in [0.29, 0.717) is 42.1 Å². The third-order valence-electron chi connectivity index (χ3n) is 7.29. The standard InChI is InChI=1S/C28H31ClN4O5S/c1-32-7-10-38-24-12-19(15-30-26(24)32)21-4-3-20(29)14-22(21)23-16-39-28(31-23)33(2)27(36)18(13-25(34)35)11-17-5-8-37-9-6-17/h3-4,12,14-18H,5-11,13H2,1-2H3,(H,34,35). The SMILES string of the molecule is CN1CCOc2cc(-c3ccc(Cl)cc3-c3csc(N(C)C(=O)C(CC(=O)O)CC4CCOCC4)n3)cnc21. The molecule has 0 radical (unpaired) electrons. The highest BCUT2D eigenvalue weighted by Crippen LogP contribution is 2.39. The van der Waals surface area contributed by atoms with Crippen LogP contribution in [0.3, 0.4) is 0 Å². The number of fused-ring (bicyclic) bond motifs is 1. The van der Waals surface area contributed by atoms with Crippen LogP contribution in [0.15, 0.2) is 35.8 Å². The molecule has 1 unspecified atom stereocenters. The number of carbonyl (C=O) groups is 2. The van der Waals surface area contributed by atoms with Gasteiger partial charge in [0, 0.05) is 61.0 Å². The second-order valence-electron chi connectivity index (χ2n) is 10.0. The summed E-state index contributed by atoms with van der Waals surface area (Å²) >= 11 is 7.72. The van der Waals surface area contributed by atoms with Crippen LogP contribution in [0.2, 0.25) is 5.02 Å². The molecule has 1 atom stereocenters. The van der Waals surface area contributed by atoms with Gasteiger partial charge in [-0.1, -0.05) is 17.7 Å². The highest BCUT2D eigenvalue weighted by molar-refractivity contribution is 7.14. The molecule has 4 heterocycles. The first kappa shape index (κ1) is 27.4. The van der Waals surface area contributed by atoms with Gasteiger partial charge in [0.25, 0.3) is 0 Å². The largest absolute Gasteiger partial charge is 0.488 e. The van der Waals surface area contributed by atoms with Crippen molar-refractivity contribution < 1.29 is 24.2 Å². The Hall–Kier alpha value is -3.21. The lowest BCUT2D eigenvalue weighted by Gasteiger charge is -2.27. The molecule has 11 heteroatoms. The van der Waals surface area contributed by atoms with Crippen molar-refractivity contribution >= 4 is 45.8 Å². The molecule has 2 aliphatic heterocycles. The summed E-state index contributed by atoms with van der Waals surface area (Å²) in [7, 11) is 3.64. The Labute approximate surface area is 236 Å². The van der Waals surface area contributed by atoms with Crippen molar-refractivity contribution in [1.29, 1.82) is 0 Å². The molecule has 1 fully saturated rings. The van der Waals surface area contributed by atoms with Crippen LogP contribution in [-0.4, -0.2) is 67.4 Å². The molecule has 2 aromatic heterocycles. The fourth-order valence-electron chi connectivity index (χ4n) is 5.13. The Bertz CT molecular complexity index is 1360. The first-order valence-corrected chi connectivity index (χ1v) is 14.2. The maximum Gasteiger partial charge on any atom is 0.304 e. The van der Waals surface area contributed by atoms with Crippen LogP contribution in [-0.2, 0) is 14.3 Å². The molecule has 5 rings (SSSR count). The maximum absolute atomic E-state index is 13.5. The number of thiazole rings is 1. The van der Waals surface area contributed by atoms with E-state index in [0.717, 1.165) is 47.6 Å². The van der Waals surface area contributed by atoms with Crippen molar-refractivity contribution in [2.75, 3.05) is 50.3 Å². The molecule has 1 amide bonds. The average molecular weight is 571 g/mol. The second-order valence-corrected chi connectivity index (χ2v) is 11.3. The number of carbonyl (C=O) groups excluding carboxylic acids is 1. The van der Waals surface area contributed by atoms with Crippen molar-refractivity contribution in [2.24, 2.45) is 11.8 Å². The lowest BCUT2D eigenvalue weighted by atomic mass is 9.86. The molecule has 1 aromatic carbocycles. The Kier molecular flexibility index (Phi) is 8.34. The van der Waals surface area contributed by atoms with Gasteiger partial charge in [-0.3, -0.25) is 14.5 Å². The van der Waals surface area contributed by atoms with Gasteiger partial charge in [0.1, 0.15) is 6.61 Å². The molecule has 3 aromatic rings. The molecule has 0 bridgehead atoms. The van der Waals surface area contributed by atoms with Gasteiger partial charge in [0.05, 0.1) is 18.7 Å². The number of halogens is 1. The van der Waals surface area contributed by atoms with E-state index in [1.165, 1.54) is 16.2 Å². The number of rotatable bonds is 8. The van der Waals surface area contributed by atoms with Gasteiger partial charge in [-0.25, -0.2) is 9.97 Å². The lowest BCUT2D eigenvalue weighted by Crippen LogP contribution is -2.35. The number of ether oxygens (including phenoxy) is 2. The smallest absolute Gasteiger partial charge is 0.304 e. The molecule has 0 aliphatic carbocycles. The van der Waals surface area contributed by atoms with E-state index in [9.17, 15) is 14.7 Å². The zero-order chi connectivity index (χ0) is 27.5. The number of carboxylic acids is 1. The number of hydrogen-bond acceptors (Lipinski definition) is 8. The van der Waals surface area contributed by atoms with Crippen LogP contribution in [0, 0.1) is 11.8 Å². The van der Waals surface area contributed by atoms with E-state index < -0.39 is 11.9 Å². The number of anilines is 2. The third kappa shape index (κ3) is 6.18. The summed E-state index contributed by atoms with van der Waals surface area (Å²) in [6.45, 7) is 2.67. The predicted molar refractivity (Wildman–Crippen MR) is 152 cm³/mol. The van der Waals surface area contributed by atoms with Gasteiger partial charge in [0.15, 0.2) is 16.7 Å². The van der Waals surface area contributed by atoms with Gasteiger partial charge in [-0.05, 0) is 48.9 Å². The average Bonchev–Trinajstić information content (AvgIpc) is 3.42. The molecule has 206 valence electrons. The first-order valence-electron chi connectivity index (χ1n) is 13.0. The van der Waals surface area contributed by atoms with E-state index in [1.807, 2.05) is 42.9 Å². The lowest BCUT2D eigenvalue weighted by molar-refractivity contribution is -0.141. The highest BCUT2D eigenvalue weighted by atomic mass is 35.5. The number of carboxylic acid groups (broad SMARTS) is 1. The number of nitrogens with zero attached hydrogens (tertiary/aromatic N) is 4. The Balaban J connectivity index is 1.41. The summed E-state index contributed by atoms with van der Waals surface area (Å²) in [5.74, 6) is -0.0456. The Morgan fingerprint density at radius 2 is 2.03 bits per heavy atom. The quantitative estimate of drug-likeness (QED) is 0.393. The summed E-state index contributed by atoms with van der Waals surface area (Å²) in [6.07, 6.45) is 3.81. The summed E-state index contributed by atoms with van der Waals surface area (Å²) in [6, 6.07) is 7.57. The molecular weight excluding hydrogens is 540 g/mol. The van der Waals surface area contributed by atoms with Crippen LogP contribution in [0.5, 0.6) is 5.75 Å². The minimum absolute atomic E-state index is 0.209. The highest BCUT2D eigenvalue weighted by Gasteiger charge is 2.30. The van der Waals surface area contributed by atoms with Crippen LogP contribution in [0.25, 0.3) is 22.4 Å². The Morgan fingerprint density at radius 3 is 2.79 bits per heavy atom. The van der Waals surface area contributed by atoms with Gasteiger partial charge in [-0.15, -0.1) is 11.3 Å². The minimum atomic E-state index is -0.981. The Morgan fingerprint density at radius 1 is 1.23 bits per heavy atom. The van der Waals surface area contributed by atoms with Crippen molar-refractivity contribution in [1.82, 2.24) is 9.97 Å². The molecule has 0 saturated carbocycles. The fourth-order valence-corrected chi connectivity index (χ4v) is 6.10. The van der Waals surface area contributed by atoms with Gasteiger partial charge in [0.2, 0.25) is 5.91 Å². The number of pyridine rings is 1. The van der Waals surface area contributed by atoms with Gasteiger partial charge >= 0.3 is 5.97 Å². The summed E-state index contributed by atoms with van der Waals surface area (Å²) in [4.78, 5) is 38.0. The zero-order valence-corrected chi connectivity index (χ0v) is 23.5. The predicted octanol–water partition coefficient (Wildman–Crippen LogP) is 5.22. The van der Waals surface area contributed by atoms with Crippen LogP contribution < -0.4 is 14.5 Å². The van der Waals surface area contributed by atoms with Crippen LogP contribution in [0.1, 0.15) is 25.7 Å². The molecule has 1 saturated heterocycles. The first-order chi connectivity index (χ1) is 18.8. The van der Waals surface area contributed by atoms with E-state index >= 15 is 0 Å². The van der Waals surface area contributed by atoms with Crippen LogP contribution in [0.4, 0.5) is 10.9 Å². The fraction of sp³-hybridized carbons (Fsp3) is 0.429. The molecule has 9 nitrogen and oxygen atoms in total.